The smallest absolute Gasteiger partial charge is 0.326 e. The van der Waals surface area contributed by atoms with Gasteiger partial charge in [0.15, 0.2) is 0 Å². The van der Waals surface area contributed by atoms with Crippen LogP contribution in [-0.4, -0.2) is 36.5 Å². The molecule has 0 aliphatic heterocycles. The first-order chi connectivity index (χ1) is 8.47. The van der Waals surface area contributed by atoms with E-state index in [1.54, 1.807) is 13.8 Å². The lowest BCUT2D eigenvalue weighted by molar-refractivity contribution is -0.153. The van der Waals surface area contributed by atoms with Crippen molar-refractivity contribution in [2.45, 2.75) is 25.8 Å². The summed E-state index contributed by atoms with van der Waals surface area (Å²) in [4.78, 5) is 35.2. The minimum absolute atomic E-state index is 0. The van der Waals surface area contributed by atoms with Gasteiger partial charge in [-0.15, -0.1) is 12.4 Å². The van der Waals surface area contributed by atoms with Crippen LogP contribution >= 0.6 is 12.4 Å². The average molecular weight is 292 g/mol. The van der Waals surface area contributed by atoms with Crippen molar-refractivity contribution in [3.63, 3.8) is 0 Å². The lowest BCUT2D eigenvalue weighted by Crippen LogP contribution is -2.51. The number of hydrogen-bond acceptors (Lipinski definition) is 6. The lowest BCUT2D eigenvalue weighted by atomic mass is 9.91. The molecule has 2 fully saturated rings. The number of carbonyl (C=O) groups is 3. The molecule has 108 valence electrons. The number of esters is 2. The number of fused-ring (bicyclic) bond motifs is 1. The Balaban J connectivity index is 0.00000180. The molecule has 0 aromatic carbocycles. The minimum atomic E-state index is -1.35. The van der Waals surface area contributed by atoms with Crippen LogP contribution in [-0.2, 0) is 23.9 Å². The second-order valence-electron chi connectivity index (χ2n) is 4.73. The molecular weight excluding hydrogens is 274 g/mol. The number of ether oxygens (including phenoxy) is 2. The molecule has 2 N–H and O–H groups in total. The van der Waals surface area contributed by atoms with Crippen molar-refractivity contribution < 1.29 is 23.9 Å². The highest BCUT2D eigenvalue weighted by molar-refractivity contribution is 6.03. The van der Waals surface area contributed by atoms with E-state index in [2.05, 4.69) is 0 Å². The van der Waals surface area contributed by atoms with Crippen LogP contribution in [0.2, 0.25) is 0 Å². The van der Waals surface area contributed by atoms with Gasteiger partial charge in [-0.2, -0.15) is 0 Å². The van der Waals surface area contributed by atoms with Crippen molar-refractivity contribution in [3.05, 3.63) is 0 Å². The number of hydrogen-bond donors (Lipinski definition) is 1. The predicted octanol–water partition coefficient (Wildman–Crippen LogP) is 0.0669. The Bertz CT molecular complexity index is 413. The summed E-state index contributed by atoms with van der Waals surface area (Å²) in [6, 6.07) is 0. The summed E-state index contributed by atoms with van der Waals surface area (Å²) in [5.41, 5.74) is 4.63. The minimum Gasteiger partial charge on any atom is -0.466 e. The third-order valence-corrected chi connectivity index (χ3v) is 3.67. The van der Waals surface area contributed by atoms with Crippen LogP contribution in [0, 0.1) is 17.8 Å². The molecule has 0 unspecified atom stereocenters. The van der Waals surface area contributed by atoms with Crippen LogP contribution in [0.25, 0.3) is 0 Å². The monoisotopic (exact) mass is 291 g/mol. The molecule has 2 aliphatic carbocycles. The van der Waals surface area contributed by atoms with Gasteiger partial charge in [0.1, 0.15) is 11.3 Å². The first-order valence-electron chi connectivity index (χ1n) is 6.12. The molecule has 0 radical (unpaired) electrons. The van der Waals surface area contributed by atoms with E-state index in [0.29, 0.717) is 0 Å². The zero-order valence-electron chi connectivity index (χ0n) is 10.9. The van der Waals surface area contributed by atoms with E-state index < -0.39 is 35.2 Å². The molecule has 0 amide bonds. The van der Waals surface area contributed by atoms with Gasteiger partial charge < -0.3 is 15.2 Å². The molecule has 7 heteroatoms. The Morgan fingerprint density at radius 3 is 2.42 bits per heavy atom. The van der Waals surface area contributed by atoms with E-state index in [9.17, 15) is 14.4 Å². The molecule has 4 atom stereocenters. The van der Waals surface area contributed by atoms with E-state index in [4.69, 9.17) is 15.2 Å². The van der Waals surface area contributed by atoms with Gasteiger partial charge in [0, 0.05) is 18.3 Å². The summed E-state index contributed by atoms with van der Waals surface area (Å²) in [6.45, 7) is 3.82. The Morgan fingerprint density at radius 2 is 1.89 bits per heavy atom. The second-order valence-corrected chi connectivity index (χ2v) is 4.73. The van der Waals surface area contributed by atoms with Crippen LogP contribution in [0.5, 0.6) is 0 Å². The zero-order chi connectivity index (χ0) is 13.5. The van der Waals surface area contributed by atoms with E-state index in [0.717, 1.165) is 0 Å². The second kappa shape index (κ2) is 5.46. The largest absolute Gasteiger partial charge is 0.466 e. The quantitative estimate of drug-likeness (QED) is 0.736. The molecule has 2 aliphatic rings. The molecular formula is C12H18ClNO5. The number of carbonyl (C=O) groups excluding carboxylic acids is 3. The SMILES string of the molecule is CCOC(=O)[C@H]1[C@@H]2C(=O)C[C@@](N)(C(=O)OCC)[C@@H]21.Cl. The van der Waals surface area contributed by atoms with Crippen molar-refractivity contribution in [1.29, 1.82) is 0 Å². The molecule has 2 rings (SSSR count). The maximum absolute atomic E-state index is 11.8. The summed E-state index contributed by atoms with van der Waals surface area (Å²) in [7, 11) is 0. The van der Waals surface area contributed by atoms with Gasteiger partial charge in [-0.05, 0) is 13.8 Å². The number of ketones is 1. The topological polar surface area (TPSA) is 95.7 Å². The Morgan fingerprint density at radius 1 is 1.32 bits per heavy atom. The van der Waals surface area contributed by atoms with Gasteiger partial charge in [-0.25, -0.2) is 0 Å². The summed E-state index contributed by atoms with van der Waals surface area (Å²) in [5.74, 6) is -2.67. The molecule has 0 spiro atoms. The van der Waals surface area contributed by atoms with E-state index in [1.807, 2.05) is 0 Å². The summed E-state index contributed by atoms with van der Waals surface area (Å²) >= 11 is 0. The van der Waals surface area contributed by atoms with Crippen LogP contribution in [0.15, 0.2) is 0 Å². The normalized spacial score (nSPS) is 35.1. The van der Waals surface area contributed by atoms with Crippen molar-refractivity contribution in [2.24, 2.45) is 23.5 Å². The molecule has 0 aromatic rings. The lowest BCUT2D eigenvalue weighted by Gasteiger charge is -2.23. The molecule has 0 heterocycles. The highest BCUT2D eigenvalue weighted by Gasteiger charge is 2.74. The van der Waals surface area contributed by atoms with Crippen LogP contribution in [0.3, 0.4) is 0 Å². The average Bonchev–Trinajstić information content (AvgIpc) is 2.99. The molecule has 0 bridgehead atoms. The molecule has 0 saturated heterocycles. The summed E-state index contributed by atoms with van der Waals surface area (Å²) in [5, 5.41) is 0. The van der Waals surface area contributed by atoms with Crippen molar-refractivity contribution in [3.8, 4) is 0 Å². The van der Waals surface area contributed by atoms with Crippen LogP contribution in [0.4, 0.5) is 0 Å². The third-order valence-electron chi connectivity index (χ3n) is 3.67. The van der Waals surface area contributed by atoms with Gasteiger partial charge in [0.2, 0.25) is 0 Å². The molecule has 6 nitrogen and oxygen atoms in total. The third kappa shape index (κ3) is 2.34. The highest BCUT2D eigenvalue weighted by atomic mass is 35.5. The fourth-order valence-corrected chi connectivity index (χ4v) is 2.88. The highest BCUT2D eigenvalue weighted by Crippen LogP contribution is 2.60. The maximum atomic E-state index is 11.8. The molecule has 2 saturated carbocycles. The Labute approximate surface area is 117 Å². The zero-order valence-corrected chi connectivity index (χ0v) is 11.7. The number of Topliss-reactive ketones (excluding diaryl/α,β-unsaturated/α-hetero) is 1. The Hall–Kier alpha value is -1.14. The standard InChI is InChI=1S/C12H17NO5.ClH/c1-3-17-10(15)8-7-6(14)5-12(13,9(7)8)11(16)18-4-2;/h7-9H,3-5,13H2,1-2H3;1H/t7-,8-,9-,12-;/m0./s1. The summed E-state index contributed by atoms with van der Waals surface area (Å²) in [6.07, 6.45) is -0.0446. The predicted molar refractivity (Wildman–Crippen MR) is 67.5 cm³/mol. The van der Waals surface area contributed by atoms with E-state index in [1.165, 1.54) is 0 Å². The van der Waals surface area contributed by atoms with Gasteiger partial charge in [0.25, 0.3) is 0 Å². The Kier molecular flexibility index (Phi) is 4.58. The first-order valence-corrected chi connectivity index (χ1v) is 6.12. The van der Waals surface area contributed by atoms with E-state index in [-0.39, 0.29) is 37.8 Å². The van der Waals surface area contributed by atoms with E-state index >= 15 is 0 Å². The van der Waals surface area contributed by atoms with Crippen LogP contribution in [0.1, 0.15) is 20.3 Å². The number of halogens is 1. The number of nitrogens with two attached hydrogens (primary N) is 1. The maximum Gasteiger partial charge on any atom is 0.326 e. The van der Waals surface area contributed by atoms with Gasteiger partial charge in [0.05, 0.1) is 19.1 Å². The fraction of sp³-hybridized carbons (Fsp3) is 0.750. The molecule has 19 heavy (non-hydrogen) atoms. The number of rotatable bonds is 4. The fourth-order valence-electron chi connectivity index (χ4n) is 2.88. The van der Waals surface area contributed by atoms with Crippen molar-refractivity contribution in [1.82, 2.24) is 0 Å². The van der Waals surface area contributed by atoms with Crippen LogP contribution < -0.4 is 5.73 Å². The van der Waals surface area contributed by atoms with Gasteiger partial charge in [-0.3, -0.25) is 14.4 Å². The molecule has 0 aromatic heterocycles. The first kappa shape index (κ1) is 15.9. The summed E-state index contributed by atoms with van der Waals surface area (Å²) < 4.78 is 9.78. The van der Waals surface area contributed by atoms with Gasteiger partial charge >= 0.3 is 11.9 Å². The van der Waals surface area contributed by atoms with Crippen molar-refractivity contribution in [2.75, 3.05) is 13.2 Å². The van der Waals surface area contributed by atoms with Crippen molar-refractivity contribution >= 4 is 30.1 Å². The van der Waals surface area contributed by atoms with Gasteiger partial charge in [-0.1, -0.05) is 0 Å².